The number of hydrogen-bond acceptors (Lipinski definition) is 5. The van der Waals surface area contributed by atoms with E-state index >= 15 is 0 Å². The third-order valence-electron chi connectivity index (χ3n) is 6.59. The zero-order valence-electron chi connectivity index (χ0n) is 21.0. The van der Waals surface area contributed by atoms with Gasteiger partial charge in [-0.15, -0.1) is 0 Å². The van der Waals surface area contributed by atoms with Gasteiger partial charge >= 0.3 is 12.3 Å². The predicted molar refractivity (Wildman–Crippen MR) is 138 cm³/mol. The van der Waals surface area contributed by atoms with E-state index in [1.807, 2.05) is 50.2 Å². The van der Waals surface area contributed by atoms with E-state index in [1.165, 1.54) is 6.20 Å². The minimum Gasteiger partial charge on any atom is -0.445 e. The largest absolute Gasteiger partial charge is 0.445 e. The van der Waals surface area contributed by atoms with Gasteiger partial charge in [0.1, 0.15) is 12.2 Å². The summed E-state index contributed by atoms with van der Waals surface area (Å²) in [5.41, 5.74) is 0.558. The van der Waals surface area contributed by atoms with Crippen molar-refractivity contribution in [3.05, 3.63) is 78.1 Å². The van der Waals surface area contributed by atoms with Crippen LogP contribution in [0.3, 0.4) is 0 Å². The van der Waals surface area contributed by atoms with Crippen LogP contribution in [0.5, 0.6) is 0 Å². The molecule has 0 spiro atoms. The van der Waals surface area contributed by atoms with Crippen molar-refractivity contribution in [1.82, 2.24) is 19.9 Å². The molecular weight excluding hydrogens is 495 g/mol. The Hall–Kier alpha value is -4.08. The van der Waals surface area contributed by atoms with Gasteiger partial charge in [-0.05, 0) is 23.5 Å². The first kappa shape index (κ1) is 25.6. The SMILES string of the molecule is CC1(C)C[C@H](Nc2ncc(C(F)(F)F)c(-c3c[nH]c4ccccc34)n2)CN(C(=O)OCc2ccccc2)C1. The minimum atomic E-state index is -4.63. The number of amides is 1. The van der Waals surface area contributed by atoms with Gasteiger partial charge in [0.25, 0.3) is 0 Å². The zero-order valence-corrected chi connectivity index (χ0v) is 21.0. The van der Waals surface area contributed by atoms with Crippen molar-refractivity contribution in [2.75, 3.05) is 18.4 Å². The number of hydrogen-bond donors (Lipinski definition) is 2. The highest BCUT2D eigenvalue weighted by atomic mass is 19.4. The number of carbonyl (C=O) groups is 1. The molecule has 2 N–H and O–H groups in total. The number of aromatic amines is 1. The molecule has 0 bridgehead atoms. The van der Waals surface area contributed by atoms with Gasteiger partial charge in [-0.3, -0.25) is 0 Å². The molecule has 1 atom stereocenters. The van der Waals surface area contributed by atoms with Crippen LogP contribution in [-0.2, 0) is 17.5 Å². The number of nitrogens with one attached hydrogen (secondary N) is 2. The van der Waals surface area contributed by atoms with Gasteiger partial charge in [0.15, 0.2) is 0 Å². The fraction of sp³-hybridized carbons (Fsp3) is 0.321. The number of benzene rings is 2. The van der Waals surface area contributed by atoms with Crippen molar-refractivity contribution < 1.29 is 22.7 Å². The molecule has 198 valence electrons. The van der Waals surface area contributed by atoms with Crippen LogP contribution in [0.1, 0.15) is 31.4 Å². The second kappa shape index (κ2) is 10.00. The Labute approximate surface area is 218 Å². The molecule has 7 nitrogen and oxygen atoms in total. The molecule has 3 heterocycles. The summed E-state index contributed by atoms with van der Waals surface area (Å²) in [4.78, 5) is 25.8. The summed E-state index contributed by atoms with van der Waals surface area (Å²) < 4.78 is 47.2. The number of anilines is 1. The molecule has 0 saturated carbocycles. The Morgan fingerprint density at radius 1 is 1.16 bits per heavy atom. The lowest BCUT2D eigenvalue weighted by molar-refractivity contribution is -0.137. The van der Waals surface area contributed by atoms with E-state index in [-0.39, 0.29) is 29.7 Å². The molecule has 5 rings (SSSR count). The van der Waals surface area contributed by atoms with Crippen LogP contribution < -0.4 is 5.32 Å². The van der Waals surface area contributed by atoms with Crippen LogP contribution in [0.2, 0.25) is 0 Å². The lowest BCUT2D eigenvalue weighted by Crippen LogP contribution is -2.52. The van der Waals surface area contributed by atoms with Crippen molar-refractivity contribution >= 4 is 22.9 Å². The Morgan fingerprint density at radius 3 is 2.66 bits per heavy atom. The average molecular weight is 524 g/mol. The number of halogens is 3. The lowest BCUT2D eigenvalue weighted by atomic mass is 9.82. The first-order chi connectivity index (χ1) is 18.1. The van der Waals surface area contributed by atoms with Gasteiger partial charge in [-0.2, -0.15) is 13.2 Å². The first-order valence-corrected chi connectivity index (χ1v) is 12.3. The van der Waals surface area contributed by atoms with E-state index in [4.69, 9.17) is 4.74 Å². The van der Waals surface area contributed by atoms with E-state index in [1.54, 1.807) is 23.1 Å². The van der Waals surface area contributed by atoms with Crippen molar-refractivity contribution in [3.63, 3.8) is 0 Å². The number of likely N-dealkylation sites (tertiary alicyclic amines) is 1. The first-order valence-electron chi connectivity index (χ1n) is 12.3. The van der Waals surface area contributed by atoms with Gasteiger partial charge in [0.05, 0.1) is 5.69 Å². The summed E-state index contributed by atoms with van der Waals surface area (Å²) >= 11 is 0. The molecule has 10 heteroatoms. The molecule has 2 aromatic carbocycles. The van der Waals surface area contributed by atoms with Crippen LogP contribution in [0, 0.1) is 5.41 Å². The van der Waals surface area contributed by atoms with Crippen LogP contribution in [0.15, 0.2) is 67.0 Å². The molecule has 1 aliphatic heterocycles. The van der Waals surface area contributed by atoms with E-state index in [2.05, 4.69) is 20.3 Å². The smallest absolute Gasteiger partial charge is 0.419 e. The van der Waals surface area contributed by atoms with Crippen molar-refractivity contribution in [3.8, 4) is 11.3 Å². The normalized spacial score (nSPS) is 17.4. The Morgan fingerprint density at radius 2 is 1.89 bits per heavy atom. The maximum atomic E-state index is 13.9. The summed E-state index contributed by atoms with van der Waals surface area (Å²) in [7, 11) is 0. The van der Waals surface area contributed by atoms with Crippen molar-refractivity contribution in [1.29, 1.82) is 0 Å². The lowest BCUT2D eigenvalue weighted by Gasteiger charge is -2.42. The number of carbonyl (C=O) groups excluding carboxylic acids is 1. The third kappa shape index (κ3) is 5.58. The predicted octanol–water partition coefficient (Wildman–Crippen LogP) is 6.49. The highest BCUT2D eigenvalue weighted by molar-refractivity contribution is 5.95. The van der Waals surface area contributed by atoms with Gasteiger partial charge < -0.3 is 19.9 Å². The molecule has 1 amide bonds. The van der Waals surface area contributed by atoms with Crippen LogP contribution >= 0.6 is 0 Å². The molecule has 1 aliphatic rings. The summed E-state index contributed by atoms with van der Waals surface area (Å²) in [6, 6.07) is 16.2. The van der Waals surface area contributed by atoms with Crippen LogP contribution in [-0.4, -0.2) is 45.1 Å². The van der Waals surface area contributed by atoms with Gasteiger partial charge in [-0.1, -0.05) is 62.4 Å². The number of H-pyrrole nitrogens is 1. The number of piperidine rings is 1. The molecule has 0 radical (unpaired) electrons. The highest BCUT2D eigenvalue weighted by Crippen LogP contribution is 2.39. The van der Waals surface area contributed by atoms with E-state index < -0.39 is 17.8 Å². The third-order valence-corrected chi connectivity index (χ3v) is 6.59. The number of nitrogens with zero attached hydrogens (tertiary/aromatic N) is 3. The summed E-state index contributed by atoms with van der Waals surface area (Å²) in [5.74, 6) is 0.0681. The minimum absolute atomic E-state index is 0.0681. The Balaban J connectivity index is 1.38. The standard InChI is InChI=1S/C28H28F3N5O2/c1-27(2)12-19(15-36(17-27)26(37)38-16-18-8-4-3-5-9-18)34-25-33-14-22(28(29,30)31)24(35-25)21-13-32-23-11-7-6-10-20(21)23/h3-11,13-14,19,32H,12,15-17H2,1-2H3,(H,33,34,35)/t19-/m0/s1. The number of fused-ring (bicyclic) bond motifs is 1. The summed E-state index contributed by atoms with van der Waals surface area (Å²) in [6.45, 7) is 5.02. The van der Waals surface area contributed by atoms with Gasteiger partial charge in [-0.25, -0.2) is 14.8 Å². The molecule has 0 aliphatic carbocycles. The zero-order chi connectivity index (χ0) is 26.9. The summed E-state index contributed by atoms with van der Waals surface area (Å²) in [5, 5.41) is 3.81. The molecular formula is C28H28F3N5O2. The van der Waals surface area contributed by atoms with E-state index in [9.17, 15) is 18.0 Å². The maximum absolute atomic E-state index is 13.9. The molecule has 38 heavy (non-hydrogen) atoms. The second-order valence-corrected chi connectivity index (χ2v) is 10.3. The Bertz CT molecular complexity index is 1440. The topological polar surface area (TPSA) is 83.1 Å². The number of para-hydroxylation sites is 1. The molecule has 1 fully saturated rings. The number of aromatic nitrogens is 3. The number of rotatable bonds is 5. The maximum Gasteiger partial charge on any atom is 0.419 e. The number of ether oxygens (including phenoxy) is 1. The quantitative estimate of drug-likeness (QED) is 0.312. The van der Waals surface area contributed by atoms with Gasteiger partial charge in [0.2, 0.25) is 5.95 Å². The number of alkyl halides is 3. The van der Waals surface area contributed by atoms with Crippen LogP contribution in [0.4, 0.5) is 23.9 Å². The molecule has 0 unspecified atom stereocenters. The van der Waals surface area contributed by atoms with Crippen molar-refractivity contribution in [2.45, 2.75) is 39.1 Å². The average Bonchev–Trinajstić information content (AvgIpc) is 3.30. The monoisotopic (exact) mass is 523 g/mol. The molecule has 1 saturated heterocycles. The van der Waals surface area contributed by atoms with Gasteiger partial charge in [0, 0.05) is 48.0 Å². The second-order valence-electron chi connectivity index (χ2n) is 10.3. The fourth-order valence-electron chi connectivity index (χ4n) is 5.00. The van der Waals surface area contributed by atoms with Crippen LogP contribution in [0.25, 0.3) is 22.2 Å². The summed E-state index contributed by atoms with van der Waals surface area (Å²) in [6.07, 6.45) is -2.06. The van der Waals surface area contributed by atoms with Crippen molar-refractivity contribution in [2.24, 2.45) is 5.41 Å². The highest BCUT2D eigenvalue weighted by Gasteiger charge is 2.38. The Kier molecular flexibility index (Phi) is 6.73. The van der Waals surface area contributed by atoms with E-state index in [0.29, 0.717) is 36.0 Å². The molecule has 2 aromatic heterocycles. The van der Waals surface area contributed by atoms with E-state index in [0.717, 1.165) is 11.8 Å². The fourth-order valence-corrected chi connectivity index (χ4v) is 5.00. The molecule has 4 aromatic rings.